The highest BCUT2D eigenvalue weighted by Crippen LogP contribution is 2.12. The minimum absolute atomic E-state index is 0.0481. The standard InChI is InChI=1S/C8H14O4/c1-6(10)7(4-9)8-5-11-2-3-12-8/h7-9H,2-5H2,1H3. The third-order valence-corrected chi connectivity index (χ3v) is 2.01. The zero-order valence-corrected chi connectivity index (χ0v) is 7.16. The lowest BCUT2D eigenvalue weighted by molar-refractivity contribution is -0.143. The molecule has 0 aliphatic carbocycles. The average Bonchev–Trinajstić information content (AvgIpc) is 2.07. The first-order valence-corrected chi connectivity index (χ1v) is 4.06. The Kier molecular flexibility index (Phi) is 3.65. The van der Waals surface area contributed by atoms with Gasteiger partial charge < -0.3 is 14.6 Å². The fourth-order valence-electron chi connectivity index (χ4n) is 1.25. The van der Waals surface area contributed by atoms with Crippen LogP contribution in [0, 0.1) is 5.92 Å². The second-order valence-electron chi connectivity index (χ2n) is 2.88. The van der Waals surface area contributed by atoms with Crippen LogP contribution < -0.4 is 0 Å². The molecule has 0 saturated carbocycles. The molecule has 1 fully saturated rings. The van der Waals surface area contributed by atoms with E-state index in [4.69, 9.17) is 14.6 Å². The van der Waals surface area contributed by atoms with Crippen LogP contribution in [0.1, 0.15) is 6.92 Å². The summed E-state index contributed by atoms with van der Waals surface area (Å²) in [6.45, 7) is 2.79. The minimum atomic E-state index is -0.426. The van der Waals surface area contributed by atoms with Gasteiger partial charge in [-0.15, -0.1) is 0 Å². The van der Waals surface area contributed by atoms with Crippen LogP contribution in [-0.4, -0.2) is 43.4 Å². The summed E-state index contributed by atoms with van der Waals surface area (Å²) < 4.78 is 10.4. The maximum atomic E-state index is 11.0. The molecule has 2 unspecified atom stereocenters. The maximum absolute atomic E-state index is 11.0. The van der Waals surface area contributed by atoms with Gasteiger partial charge in [-0.3, -0.25) is 4.79 Å². The fraction of sp³-hybridized carbons (Fsp3) is 0.875. The number of ketones is 1. The van der Waals surface area contributed by atoms with Crippen molar-refractivity contribution < 1.29 is 19.4 Å². The van der Waals surface area contributed by atoms with Crippen LogP contribution in [0.5, 0.6) is 0 Å². The van der Waals surface area contributed by atoms with Gasteiger partial charge in [-0.05, 0) is 6.92 Å². The van der Waals surface area contributed by atoms with Crippen molar-refractivity contribution in [3.63, 3.8) is 0 Å². The Morgan fingerprint density at radius 1 is 1.67 bits per heavy atom. The number of aliphatic hydroxyl groups excluding tert-OH is 1. The molecule has 1 aliphatic rings. The van der Waals surface area contributed by atoms with Gasteiger partial charge in [-0.2, -0.15) is 0 Å². The van der Waals surface area contributed by atoms with Gasteiger partial charge in [0, 0.05) is 0 Å². The van der Waals surface area contributed by atoms with E-state index in [9.17, 15) is 4.79 Å². The Hall–Kier alpha value is -0.450. The third-order valence-electron chi connectivity index (χ3n) is 2.01. The molecule has 12 heavy (non-hydrogen) atoms. The Morgan fingerprint density at radius 2 is 2.42 bits per heavy atom. The summed E-state index contributed by atoms with van der Waals surface area (Å²) in [5, 5.41) is 8.89. The van der Waals surface area contributed by atoms with Gasteiger partial charge in [0.05, 0.1) is 38.4 Å². The molecule has 1 aliphatic heterocycles. The van der Waals surface area contributed by atoms with E-state index in [-0.39, 0.29) is 18.5 Å². The van der Waals surface area contributed by atoms with Crippen LogP contribution in [0.15, 0.2) is 0 Å². The van der Waals surface area contributed by atoms with Crippen molar-refractivity contribution in [3.05, 3.63) is 0 Å². The van der Waals surface area contributed by atoms with Crippen LogP contribution in [0.3, 0.4) is 0 Å². The summed E-state index contributed by atoms with van der Waals surface area (Å²) in [6, 6.07) is 0. The number of rotatable bonds is 3. The summed E-state index contributed by atoms with van der Waals surface area (Å²) in [5.74, 6) is -0.474. The zero-order valence-electron chi connectivity index (χ0n) is 7.16. The molecule has 0 aromatic carbocycles. The van der Waals surface area contributed by atoms with Crippen LogP contribution >= 0.6 is 0 Å². The highest BCUT2D eigenvalue weighted by Gasteiger charge is 2.27. The second-order valence-corrected chi connectivity index (χ2v) is 2.88. The van der Waals surface area contributed by atoms with Gasteiger partial charge in [-0.25, -0.2) is 0 Å². The average molecular weight is 174 g/mol. The molecular weight excluding hydrogens is 160 g/mol. The SMILES string of the molecule is CC(=O)C(CO)C1COCCO1. The highest BCUT2D eigenvalue weighted by atomic mass is 16.6. The number of hydrogen-bond donors (Lipinski definition) is 1. The molecule has 1 saturated heterocycles. The van der Waals surface area contributed by atoms with Crippen molar-refractivity contribution in [3.8, 4) is 0 Å². The Labute approximate surface area is 71.5 Å². The molecule has 0 aromatic heterocycles. The van der Waals surface area contributed by atoms with Gasteiger partial charge in [-0.1, -0.05) is 0 Å². The van der Waals surface area contributed by atoms with E-state index in [1.54, 1.807) is 0 Å². The minimum Gasteiger partial charge on any atom is -0.396 e. The molecule has 70 valence electrons. The summed E-state index contributed by atoms with van der Waals surface area (Å²) in [5.41, 5.74) is 0. The highest BCUT2D eigenvalue weighted by molar-refractivity contribution is 5.79. The predicted octanol–water partition coefficient (Wildman–Crippen LogP) is -0.401. The van der Waals surface area contributed by atoms with Gasteiger partial charge in [0.1, 0.15) is 5.78 Å². The van der Waals surface area contributed by atoms with Crippen molar-refractivity contribution in [2.45, 2.75) is 13.0 Å². The number of hydrogen-bond acceptors (Lipinski definition) is 4. The topological polar surface area (TPSA) is 55.8 Å². The molecule has 0 amide bonds. The molecule has 0 aromatic rings. The van der Waals surface area contributed by atoms with E-state index in [0.717, 1.165) is 0 Å². The Balaban J connectivity index is 2.46. The van der Waals surface area contributed by atoms with Crippen LogP contribution in [0.2, 0.25) is 0 Å². The van der Waals surface area contributed by atoms with Crippen molar-refractivity contribution >= 4 is 5.78 Å². The molecule has 4 nitrogen and oxygen atoms in total. The van der Waals surface area contributed by atoms with Gasteiger partial charge >= 0.3 is 0 Å². The molecule has 1 N–H and O–H groups in total. The summed E-state index contributed by atoms with van der Waals surface area (Å²) in [7, 11) is 0. The Bertz CT molecular complexity index is 151. The number of carbonyl (C=O) groups excluding carboxylic acids is 1. The quantitative estimate of drug-likeness (QED) is 0.632. The van der Waals surface area contributed by atoms with Crippen molar-refractivity contribution in [2.24, 2.45) is 5.92 Å². The summed E-state index contributed by atoms with van der Waals surface area (Å²) in [6.07, 6.45) is -0.263. The molecule has 1 heterocycles. The van der Waals surface area contributed by atoms with Crippen LogP contribution in [-0.2, 0) is 14.3 Å². The first kappa shape index (κ1) is 9.64. The lowest BCUT2D eigenvalue weighted by Crippen LogP contribution is -2.39. The fourth-order valence-corrected chi connectivity index (χ4v) is 1.25. The molecule has 4 heteroatoms. The van der Waals surface area contributed by atoms with E-state index in [2.05, 4.69) is 0 Å². The number of Topliss-reactive ketones (excluding diaryl/α,β-unsaturated/α-hetero) is 1. The van der Waals surface area contributed by atoms with E-state index < -0.39 is 5.92 Å². The molecular formula is C8H14O4. The van der Waals surface area contributed by atoms with E-state index in [1.807, 2.05) is 0 Å². The van der Waals surface area contributed by atoms with Gasteiger partial charge in [0.15, 0.2) is 0 Å². The maximum Gasteiger partial charge on any atom is 0.137 e. The second kappa shape index (κ2) is 4.54. The first-order valence-electron chi connectivity index (χ1n) is 4.06. The molecule has 2 atom stereocenters. The van der Waals surface area contributed by atoms with E-state index in [1.165, 1.54) is 6.92 Å². The third kappa shape index (κ3) is 2.27. The molecule has 0 bridgehead atoms. The van der Waals surface area contributed by atoms with Crippen LogP contribution in [0.25, 0.3) is 0 Å². The molecule has 1 rings (SSSR count). The monoisotopic (exact) mass is 174 g/mol. The zero-order chi connectivity index (χ0) is 8.97. The lowest BCUT2D eigenvalue weighted by atomic mass is 9.99. The molecule has 0 spiro atoms. The van der Waals surface area contributed by atoms with Crippen molar-refractivity contribution in [1.82, 2.24) is 0 Å². The van der Waals surface area contributed by atoms with E-state index in [0.29, 0.717) is 19.8 Å². The van der Waals surface area contributed by atoms with E-state index >= 15 is 0 Å². The molecule has 0 radical (unpaired) electrons. The number of carbonyl (C=O) groups is 1. The van der Waals surface area contributed by atoms with Crippen molar-refractivity contribution in [1.29, 1.82) is 0 Å². The van der Waals surface area contributed by atoms with Crippen molar-refractivity contribution in [2.75, 3.05) is 26.4 Å². The normalized spacial score (nSPS) is 26.7. The number of aliphatic hydroxyl groups is 1. The van der Waals surface area contributed by atoms with Crippen LogP contribution in [0.4, 0.5) is 0 Å². The lowest BCUT2D eigenvalue weighted by Gasteiger charge is -2.27. The number of ether oxygens (including phenoxy) is 2. The first-order chi connectivity index (χ1) is 5.75. The van der Waals surface area contributed by atoms with Gasteiger partial charge in [0.2, 0.25) is 0 Å². The predicted molar refractivity (Wildman–Crippen MR) is 41.8 cm³/mol. The smallest absolute Gasteiger partial charge is 0.137 e. The van der Waals surface area contributed by atoms with Gasteiger partial charge in [0.25, 0.3) is 0 Å². The largest absolute Gasteiger partial charge is 0.396 e. The summed E-state index contributed by atoms with van der Waals surface area (Å²) in [4.78, 5) is 11.0. The summed E-state index contributed by atoms with van der Waals surface area (Å²) >= 11 is 0. The Morgan fingerprint density at radius 3 is 2.83 bits per heavy atom.